The van der Waals surface area contributed by atoms with E-state index in [9.17, 15) is 5.11 Å². The van der Waals surface area contributed by atoms with Crippen LogP contribution in [0.5, 0.6) is 0 Å². The zero-order valence-electron chi connectivity index (χ0n) is 9.86. The lowest BCUT2D eigenvalue weighted by Crippen LogP contribution is -2.39. The first kappa shape index (κ1) is 11.3. The highest BCUT2D eigenvalue weighted by Gasteiger charge is 2.56. The Bertz CT molecular complexity index is 259. The first-order valence-corrected chi connectivity index (χ1v) is 5.54. The SMILES string of the molecule is CC1(C)OC2C(N)CC(C(C)(C)O)C2O1. The van der Waals surface area contributed by atoms with E-state index in [2.05, 4.69) is 0 Å². The van der Waals surface area contributed by atoms with Gasteiger partial charge >= 0.3 is 0 Å². The molecular weight excluding hydrogens is 194 g/mol. The van der Waals surface area contributed by atoms with Crippen molar-refractivity contribution in [3.05, 3.63) is 0 Å². The molecule has 4 unspecified atom stereocenters. The average molecular weight is 215 g/mol. The van der Waals surface area contributed by atoms with E-state index in [0.717, 1.165) is 6.42 Å². The molecule has 1 saturated heterocycles. The number of nitrogens with two attached hydrogens (primary N) is 1. The quantitative estimate of drug-likeness (QED) is 0.673. The van der Waals surface area contributed by atoms with Crippen LogP contribution >= 0.6 is 0 Å². The van der Waals surface area contributed by atoms with Gasteiger partial charge in [0.15, 0.2) is 5.79 Å². The summed E-state index contributed by atoms with van der Waals surface area (Å²) in [7, 11) is 0. The third kappa shape index (κ3) is 1.91. The molecule has 1 aliphatic carbocycles. The minimum absolute atomic E-state index is 0.0341. The van der Waals surface area contributed by atoms with Crippen molar-refractivity contribution in [1.29, 1.82) is 0 Å². The van der Waals surface area contributed by atoms with E-state index in [0.29, 0.717) is 0 Å². The molecule has 0 amide bonds. The Hall–Kier alpha value is -0.160. The van der Waals surface area contributed by atoms with Crippen LogP contribution in [0.4, 0.5) is 0 Å². The van der Waals surface area contributed by atoms with Crippen molar-refractivity contribution < 1.29 is 14.6 Å². The highest BCUT2D eigenvalue weighted by atomic mass is 16.8. The van der Waals surface area contributed by atoms with Crippen LogP contribution in [0.3, 0.4) is 0 Å². The van der Waals surface area contributed by atoms with E-state index in [1.54, 1.807) is 13.8 Å². The summed E-state index contributed by atoms with van der Waals surface area (Å²) >= 11 is 0. The largest absolute Gasteiger partial charge is 0.390 e. The Morgan fingerprint density at radius 2 is 1.80 bits per heavy atom. The summed E-state index contributed by atoms with van der Waals surface area (Å²) in [5.74, 6) is -0.518. The number of ether oxygens (including phenoxy) is 2. The molecule has 2 aliphatic rings. The third-order valence-electron chi connectivity index (χ3n) is 3.42. The molecule has 0 radical (unpaired) electrons. The number of aliphatic hydroxyl groups is 1. The topological polar surface area (TPSA) is 64.7 Å². The molecule has 15 heavy (non-hydrogen) atoms. The molecule has 2 fully saturated rings. The van der Waals surface area contributed by atoms with Crippen LogP contribution < -0.4 is 5.73 Å². The standard InChI is InChI=1S/C11H21NO3/c1-10(2,13)6-5-7(12)9-8(6)14-11(3,4)15-9/h6-9,13H,5,12H2,1-4H3. The summed E-state index contributed by atoms with van der Waals surface area (Å²) in [6.07, 6.45) is 0.612. The second kappa shape index (κ2) is 3.17. The van der Waals surface area contributed by atoms with Crippen LogP contribution in [0.1, 0.15) is 34.1 Å². The number of hydrogen-bond donors (Lipinski definition) is 2. The molecule has 4 nitrogen and oxygen atoms in total. The maximum absolute atomic E-state index is 10.1. The van der Waals surface area contributed by atoms with Gasteiger partial charge < -0.3 is 20.3 Å². The number of rotatable bonds is 1. The summed E-state index contributed by atoms with van der Waals surface area (Å²) in [6, 6.07) is -0.0341. The monoisotopic (exact) mass is 215 g/mol. The molecule has 88 valence electrons. The molecule has 3 N–H and O–H groups in total. The van der Waals surface area contributed by atoms with Gasteiger partial charge in [-0.3, -0.25) is 0 Å². The molecule has 0 aromatic rings. The minimum Gasteiger partial charge on any atom is -0.390 e. The van der Waals surface area contributed by atoms with Crippen LogP contribution in [0, 0.1) is 5.92 Å². The zero-order valence-corrected chi connectivity index (χ0v) is 9.86. The Labute approximate surface area is 90.7 Å². The van der Waals surface area contributed by atoms with Gasteiger partial charge in [-0.05, 0) is 34.1 Å². The predicted octanol–water partition coefficient (Wildman–Crippen LogP) is 0.625. The Morgan fingerprint density at radius 3 is 2.33 bits per heavy atom. The summed E-state index contributed by atoms with van der Waals surface area (Å²) in [5.41, 5.74) is 5.25. The van der Waals surface area contributed by atoms with Crippen LogP contribution in [-0.2, 0) is 9.47 Å². The molecule has 0 aromatic heterocycles. The molecule has 2 rings (SSSR count). The second-order valence-electron chi connectivity index (χ2n) is 5.72. The Balaban J connectivity index is 2.20. The van der Waals surface area contributed by atoms with Gasteiger partial charge in [-0.2, -0.15) is 0 Å². The van der Waals surface area contributed by atoms with Crippen molar-refractivity contribution >= 4 is 0 Å². The van der Waals surface area contributed by atoms with Gasteiger partial charge in [-0.15, -0.1) is 0 Å². The van der Waals surface area contributed by atoms with Crippen molar-refractivity contribution in [2.24, 2.45) is 11.7 Å². The van der Waals surface area contributed by atoms with E-state index in [4.69, 9.17) is 15.2 Å². The van der Waals surface area contributed by atoms with Gasteiger partial charge in [-0.25, -0.2) is 0 Å². The van der Waals surface area contributed by atoms with Crippen LogP contribution in [0.25, 0.3) is 0 Å². The average Bonchev–Trinajstić information content (AvgIpc) is 2.45. The molecule has 1 saturated carbocycles. The summed E-state index contributed by atoms with van der Waals surface area (Å²) in [5, 5.41) is 10.1. The minimum atomic E-state index is -0.763. The van der Waals surface area contributed by atoms with Gasteiger partial charge in [0, 0.05) is 12.0 Å². The summed E-state index contributed by atoms with van der Waals surface area (Å²) in [4.78, 5) is 0. The predicted molar refractivity (Wildman–Crippen MR) is 56.2 cm³/mol. The zero-order chi connectivity index (χ0) is 11.4. The highest BCUT2D eigenvalue weighted by Crippen LogP contribution is 2.44. The summed E-state index contributed by atoms with van der Waals surface area (Å²) < 4.78 is 11.6. The van der Waals surface area contributed by atoms with Gasteiger partial charge in [0.05, 0.1) is 11.7 Å². The fourth-order valence-electron chi connectivity index (χ4n) is 2.71. The van der Waals surface area contributed by atoms with Gasteiger partial charge in [0.25, 0.3) is 0 Å². The van der Waals surface area contributed by atoms with Crippen LogP contribution in [-0.4, -0.2) is 34.7 Å². The lowest BCUT2D eigenvalue weighted by atomic mass is 9.87. The molecule has 1 aliphatic heterocycles. The molecule has 0 aromatic carbocycles. The lowest BCUT2D eigenvalue weighted by molar-refractivity contribution is -0.167. The number of hydrogen-bond acceptors (Lipinski definition) is 4. The normalized spacial score (nSPS) is 44.4. The van der Waals surface area contributed by atoms with Crippen molar-refractivity contribution in [2.45, 2.75) is 63.8 Å². The van der Waals surface area contributed by atoms with Gasteiger partial charge in [0.2, 0.25) is 0 Å². The van der Waals surface area contributed by atoms with Crippen molar-refractivity contribution in [2.75, 3.05) is 0 Å². The smallest absolute Gasteiger partial charge is 0.163 e. The Kier molecular flexibility index (Phi) is 2.39. The second-order valence-corrected chi connectivity index (χ2v) is 5.72. The Morgan fingerprint density at radius 1 is 1.27 bits per heavy atom. The van der Waals surface area contributed by atoms with Gasteiger partial charge in [0.1, 0.15) is 6.10 Å². The van der Waals surface area contributed by atoms with E-state index >= 15 is 0 Å². The van der Waals surface area contributed by atoms with Crippen molar-refractivity contribution in [1.82, 2.24) is 0 Å². The fraction of sp³-hybridized carbons (Fsp3) is 1.00. The van der Waals surface area contributed by atoms with Crippen LogP contribution in [0.2, 0.25) is 0 Å². The maximum Gasteiger partial charge on any atom is 0.163 e. The van der Waals surface area contributed by atoms with Crippen molar-refractivity contribution in [3.8, 4) is 0 Å². The van der Waals surface area contributed by atoms with E-state index in [-0.39, 0.29) is 24.2 Å². The molecule has 0 bridgehead atoms. The van der Waals surface area contributed by atoms with E-state index in [1.807, 2.05) is 13.8 Å². The molecular formula is C11H21NO3. The first-order chi connectivity index (χ1) is 6.71. The van der Waals surface area contributed by atoms with E-state index < -0.39 is 11.4 Å². The third-order valence-corrected chi connectivity index (χ3v) is 3.42. The lowest BCUT2D eigenvalue weighted by Gasteiger charge is -2.30. The molecule has 1 heterocycles. The first-order valence-electron chi connectivity index (χ1n) is 5.54. The van der Waals surface area contributed by atoms with E-state index in [1.165, 1.54) is 0 Å². The van der Waals surface area contributed by atoms with Crippen LogP contribution in [0.15, 0.2) is 0 Å². The molecule has 0 spiro atoms. The molecule has 4 atom stereocenters. The highest BCUT2D eigenvalue weighted by molar-refractivity contribution is 5.04. The fourth-order valence-corrected chi connectivity index (χ4v) is 2.71. The molecule has 4 heteroatoms. The maximum atomic E-state index is 10.1. The van der Waals surface area contributed by atoms with Crippen molar-refractivity contribution in [3.63, 3.8) is 0 Å². The summed E-state index contributed by atoms with van der Waals surface area (Å²) in [6.45, 7) is 7.39. The van der Waals surface area contributed by atoms with Gasteiger partial charge in [-0.1, -0.05) is 0 Å². The number of fused-ring (bicyclic) bond motifs is 1.